The van der Waals surface area contributed by atoms with Crippen LogP contribution in [0.1, 0.15) is 79.6 Å². The summed E-state index contributed by atoms with van der Waals surface area (Å²) in [4.78, 5) is 13.9. The van der Waals surface area contributed by atoms with Crippen molar-refractivity contribution in [2.75, 3.05) is 6.61 Å². The van der Waals surface area contributed by atoms with Crippen LogP contribution >= 0.6 is 0 Å². The zero-order chi connectivity index (χ0) is 27.9. The standard InChI is InChI=1S/C32H46O7/c1-6-27-21(4)12-13-31(39-27)17-25-16-24(38-31)11-10-20(3)14-19(2)8-7-9-23-18-36-29-28(33)22(5)15-26(30(34)37-25)32(23,29)35/h7-10,15,19,21,24-29,33,35H,6,11-14,16-18H2,1-5H3/b8-7+,20-10-,23-9+/t19-,21-,24+,25-,26-,27-,28+,29+,31+,32+/m0/s1. The number of allylic oxidation sites excluding steroid dienone is 4. The number of fused-ring (bicyclic) bond motifs is 2. The van der Waals surface area contributed by atoms with Crippen molar-refractivity contribution >= 4 is 5.97 Å². The number of carbonyl (C=O) groups excluding carboxylic acids is 1. The van der Waals surface area contributed by atoms with Crippen LogP contribution in [-0.4, -0.2) is 64.7 Å². The Balaban J connectivity index is 1.51. The van der Waals surface area contributed by atoms with Crippen molar-refractivity contribution in [3.05, 3.63) is 47.1 Å². The maximum Gasteiger partial charge on any atom is 0.316 e. The summed E-state index contributed by atoms with van der Waals surface area (Å²) in [7, 11) is 0. The number of rotatable bonds is 1. The largest absolute Gasteiger partial charge is 0.462 e. The molecule has 0 aromatic carbocycles. The molecule has 7 nitrogen and oxygen atoms in total. The third-order valence-corrected chi connectivity index (χ3v) is 9.50. The van der Waals surface area contributed by atoms with E-state index in [1.807, 2.05) is 12.2 Å². The number of aliphatic hydroxyl groups is 2. The molecule has 5 rings (SSSR count). The highest BCUT2D eigenvalue weighted by Gasteiger charge is 2.60. The Bertz CT molecular complexity index is 1060. The predicted molar refractivity (Wildman–Crippen MR) is 148 cm³/mol. The van der Waals surface area contributed by atoms with E-state index < -0.39 is 41.6 Å². The van der Waals surface area contributed by atoms with E-state index in [2.05, 4.69) is 39.8 Å². The van der Waals surface area contributed by atoms with Gasteiger partial charge in [0.05, 0.1) is 18.8 Å². The van der Waals surface area contributed by atoms with Gasteiger partial charge in [0.25, 0.3) is 0 Å². The first-order valence-corrected chi connectivity index (χ1v) is 14.8. The molecule has 0 saturated carbocycles. The fraction of sp³-hybridized carbons (Fsp3) is 0.719. The first-order chi connectivity index (χ1) is 18.5. The number of ether oxygens (including phenoxy) is 4. The van der Waals surface area contributed by atoms with Gasteiger partial charge in [0.2, 0.25) is 0 Å². The molecule has 7 heteroatoms. The van der Waals surface area contributed by atoms with Gasteiger partial charge in [-0.05, 0) is 62.5 Å². The van der Waals surface area contributed by atoms with Crippen molar-refractivity contribution in [3.8, 4) is 0 Å². The molecule has 1 aliphatic carbocycles. The number of aliphatic hydroxyl groups excluding tert-OH is 1. The van der Waals surface area contributed by atoms with E-state index in [0.717, 1.165) is 32.1 Å². The molecule has 5 aliphatic rings. The smallest absolute Gasteiger partial charge is 0.316 e. The lowest BCUT2D eigenvalue weighted by Crippen LogP contribution is -2.58. The molecule has 0 amide bonds. The monoisotopic (exact) mass is 542 g/mol. The van der Waals surface area contributed by atoms with Crippen LogP contribution in [-0.2, 0) is 23.7 Å². The molecule has 4 aliphatic heterocycles. The highest BCUT2D eigenvalue weighted by atomic mass is 16.7. The number of hydrogen-bond acceptors (Lipinski definition) is 7. The Morgan fingerprint density at radius 2 is 1.95 bits per heavy atom. The molecule has 3 saturated heterocycles. The molecule has 10 atom stereocenters. The fourth-order valence-corrected chi connectivity index (χ4v) is 7.23. The second-order valence-corrected chi connectivity index (χ2v) is 12.7. The van der Waals surface area contributed by atoms with Gasteiger partial charge in [-0.2, -0.15) is 0 Å². The second kappa shape index (κ2) is 11.2. The van der Waals surface area contributed by atoms with Crippen molar-refractivity contribution in [1.29, 1.82) is 0 Å². The Morgan fingerprint density at radius 1 is 1.15 bits per heavy atom. The lowest BCUT2D eigenvalue weighted by molar-refractivity contribution is -0.335. The number of hydrogen-bond donors (Lipinski definition) is 2. The van der Waals surface area contributed by atoms with E-state index in [1.165, 1.54) is 5.57 Å². The fourth-order valence-electron chi connectivity index (χ4n) is 7.23. The molecular formula is C32H46O7. The van der Waals surface area contributed by atoms with Crippen molar-refractivity contribution in [1.82, 2.24) is 0 Å². The summed E-state index contributed by atoms with van der Waals surface area (Å²) in [6.07, 6.45) is 12.8. The molecule has 0 radical (unpaired) electrons. The molecule has 0 aromatic rings. The van der Waals surface area contributed by atoms with Gasteiger partial charge < -0.3 is 29.2 Å². The first-order valence-electron chi connectivity index (χ1n) is 14.8. The predicted octanol–water partition coefficient (Wildman–Crippen LogP) is 4.92. The average Bonchev–Trinajstić information content (AvgIpc) is 3.23. The normalized spacial score (nSPS) is 48.7. The average molecular weight is 543 g/mol. The van der Waals surface area contributed by atoms with Gasteiger partial charge in [0.15, 0.2) is 5.79 Å². The van der Waals surface area contributed by atoms with Crippen molar-refractivity contribution in [3.63, 3.8) is 0 Å². The zero-order valence-corrected chi connectivity index (χ0v) is 24.1. The lowest BCUT2D eigenvalue weighted by Gasteiger charge is -2.50. The van der Waals surface area contributed by atoms with Crippen LogP contribution in [0, 0.1) is 17.8 Å². The molecule has 216 valence electrons. The van der Waals surface area contributed by atoms with Crippen LogP contribution in [0.25, 0.3) is 0 Å². The summed E-state index contributed by atoms with van der Waals surface area (Å²) < 4.78 is 25.4. The minimum absolute atomic E-state index is 0.104. The summed E-state index contributed by atoms with van der Waals surface area (Å²) in [5.74, 6) is -1.52. The Hall–Kier alpha value is -1.77. The van der Waals surface area contributed by atoms with E-state index in [4.69, 9.17) is 18.9 Å². The molecule has 4 heterocycles. The summed E-state index contributed by atoms with van der Waals surface area (Å²) in [5.41, 5.74) is 0.788. The van der Waals surface area contributed by atoms with Gasteiger partial charge in [0, 0.05) is 19.3 Å². The molecular weight excluding hydrogens is 496 g/mol. The van der Waals surface area contributed by atoms with E-state index >= 15 is 0 Å². The second-order valence-electron chi connectivity index (χ2n) is 12.7. The highest BCUT2D eigenvalue weighted by Crippen LogP contribution is 2.47. The van der Waals surface area contributed by atoms with E-state index in [9.17, 15) is 15.0 Å². The minimum atomic E-state index is -1.68. The van der Waals surface area contributed by atoms with Gasteiger partial charge in [-0.1, -0.05) is 56.7 Å². The maximum absolute atomic E-state index is 13.9. The summed E-state index contributed by atoms with van der Waals surface area (Å²) in [5, 5.41) is 22.9. The molecule has 0 aromatic heterocycles. The molecule has 3 fully saturated rings. The molecule has 39 heavy (non-hydrogen) atoms. The van der Waals surface area contributed by atoms with Crippen LogP contribution in [0.5, 0.6) is 0 Å². The Labute approximate surface area is 232 Å². The molecule has 2 bridgehead atoms. The number of carbonyl (C=O) groups is 1. The van der Waals surface area contributed by atoms with Gasteiger partial charge in [-0.25, -0.2) is 0 Å². The summed E-state index contributed by atoms with van der Waals surface area (Å²) in [6, 6.07) is 0. The van der Waals surface area contributed by atoms with Gasteiger partial charge in [-0.3, -0.25) is 4.79 Å². The molecule has 1 spiro atoms. The maximum atomic E-state index is 13.9. The topological polar surface area (TPSA) is 94.5 Å². The Morgan fingerprint density at radius 3 is 2.72 bits per heavy atom. The third kappa shape index (κ3) is 5.58. The van der Waals surface area contributed by atoms with Crippen LogP contribution < -0.4 is 0 Å². The van der Waals surface area contributed by atoms with Crippen LogP contribution in [0.2, 0.25) is 0 Å². The molecule has 0 unspecified atom stereocenters. The van der Waals surface area contributed by atoms with Gasteiger partial charge in [-0.15, -0.1) is 0 Å². The van der Waals surface area contributed by atoms with Crippen molar-refractivity contribution in [2.24, 2.45) is 17.8 Å². The van der Waals surface area contributed by atoms with Crippen LogP contribution in [0.15, 0.2) is 47.1 Å². The van der Waals surface area contributed by atoms with E-state index in [0.29, 0.717) is 35.8 Å². The Kier molecular flexibility index (Phi) is 8.29. The van der Waals surface area contributed by atoms with Gasteiger partial charge in [0.1, 0.15) is 29.8 Å². The summed E-state index contributed by atoms with van der Waals surface area (Å²) >= 11 is 0. The first kappa shape index (κ1) is 28.7. The summed E-state index contributed by atoms with van der Waals surface area (Å²) in [6.45, 7) is 10.6. The highest BCUT2D eigenvalue weighted by molar-refractivity contribution is 5.78. The molecule has 2 N–H and O–H groups in total. The zero-order valence-electron chi connectivity index (χ0n) is 24.1. The van der Waals surface area contributed by atoms with Crippen LogP contribution in [0.4, 0.5) is 0 Å². The third-order valence-electron chi connectivity index (χ3n) is 9.50. The van der Waals surface area contributed by atoms with E-state index in [-0.39, 0.29) is 18.8 Å². The quantitative estimate of drug-likeness (QED) is 0.359. The van der Waals surface area contributed by atoms with E-state index in [1.54, 1.807) is 13.0 Å². The van der Waals surface area contributed by atoms with Gasteiger partial charge >= 0.3 is 5.97 Å². The number of esters is 1. The minimum Gasteiger partial charge on any atom is -0.462 e. The van der Waals surface area contributed by atoms with Crippen molar-refractivity contribution in [2.45, 2.75) is 121 Å². The lowest BCUT2D eigenvalue weighted by atomic mass is 9.71. The SMILES string of the molecule is CC[C@@H]1O[C@]2(CC[C@@H]1C)C[C@@H]1C[C@@H](C/C=C(/C)C[C@@H](C)/C=C/C=C3\CO[C@@H]4[C@H](O)C(C)=C[C@@H](C(=O)O1)[C@]34O)O2. The van der Waals surface area contributed by atoms with Crippen molar-refractivity contribution < 1.29 is 34.0 Å². The van der Waals surface area contributed by atoms with Crippen LogP contribution in [0.3, 0.4) is 0 Å².